The molecule has 0 N–H and O–H groups in total. The second-order valence-electron chi connectivity index (χ2n) is 19.1. The number of unbranched alkanes of at least 4 members (excludes halogenated alkanes) is 15. The van der Waals surface area contributed by atoms with E-state index in [4.69, 9.17) is 14.2 Å². The lowest BCUT2D eigenvalue weighted by Gasteiger charge is -2.18. The van der Waals surface area contributed by atoms with Gasteiger partial charge in [0.1, 0.15) is 13.2 Å². The summed E-state index contributed by atoms with van der Waals surface area (Å²) in [5, 5.41) is 0. The van der Waals surface area contributed by atoms with Gasteiger partial charge in [-0.05, 0) is 141 Å². The van der Waals surface area contributed by atoms with Gasteiger partial charge in [-0.1, -0.05) is 237 Å². The van der Waals surface area contributed by atoms with Crippen LogP contribution in [0.15, 0.2) is 158 Å². The van der Waals surface area contributed by atoms with Gasteiger partial charge in [-0.25, -0.2) is 0 Å². The van der Waals surface area contributed by atoms with Crippen LogP contribution in [-0.4, -0.2) is 37.2 Å². The van der Waals surface area contributed by atoms with Crippen molar-refractivity contribution in [3.63, 3.8) is 0 Å². The second kappa shape index (κ2) is 61.6. The zero-order valence-electron chi connectivity index (χ0n) is 48.0. The Bertz CT molecular complexity index is 1710. The van der Waals surface area contributed by atoms with E-state index < -0.39 is 6.10 Å². The summed E-state index contributed by atoms with van der Waals surface area (Å²) in [6.45, 7) is 6.22. The minimum Gasteiger partial charge on any atom is -0.462 e. The van der Waals surface area contributed by atoms with Gasteiger partial charge in [0.05, 0.1) is 0 Å². The Morgan fingerprint density at radius 1 is 0.267 bits per heavy atom. The molecule has 0 aliphatic carbocycles. The van der Waals surface area contributed by atoms with Gasteiger partial charge in [0, 0.05) is 19.3 Å². The fourth-order valence-corrected chi connectivity index (χ4v) is 7.63. The van der Waals surface area contributed by atoms with Crippen LogP contribution in [0.3, 0.4) is 0 Å². The Balaban J connectivity index is 4.48. The SMILES string of the molecule is CC/C=C\C/C=C\C/C=C\C/C=C\C/C=C\C/C=C\CCCCC(=O)OC(COC(=O)CCCCC/C=C\C/C=C\C/C=C\CC)COC(=O)CCCCCCCCCCCC/C=C\C/C=C\C/C=C\C/C=C\CC. The maximum atomic E-state index is 12.9. The zero-order chi connectivity index (χ0) is 54.3. The third-order valence-electron chi connectivity index (χ3n) is 12.0. The average molecular weight is 1030 g/mol. The van der Waals surface area contributed by atoms with Crippen LogP contribution in [0.1, 0.15) is 239 Å². The molecular formula is C69H108O6. The van der Waals surface area contributed by atoms with Crippen LogP contribution in [0.2, 0.25) is 0 Å². The third kappa shape index (κ3) is 59.8. The molecule has 0 saturated heterocycles. The minimum absolute atomic E-state index is 0.114. The van der Waals surface area contributed by atoms with Gasteiger partial charge in [0.2, 0.25) is 0 Å². The van der Waals surface area contributed by atoms with Crippen LogP contribution < -0.4 is 0 Å². The van der Waals surface area contributed by atoms with Crippen molar-refractivity contribution in [2.45, 2.75) is 245 Å². The molecule has 0 aliphatic rings. The van der Waals surface area contributed by atoms with Crippen molar-refractivity contribution in [1.82, 2.24) is 0 Å². The van der Waals surface area contributed by atoms with Crippen molar-refractivity contribution >= 4 is 17.9 Å². The molecule has 0 bridgehead atoms. The molecule has 0 spiro atoms. The van der Waals surface area contributed by atoms with Crippen molar-refractivity contribution in [3.05, 3.63) is 158 Å². The number of esters is 3. The highest BCUT2D eigenvalue weighted by Gasteiger charge is 2.19. The summed E-state index contributed by atoms with van der Waals surface area (Å²) < 4.78 is 16.8. The Hall–Kier alpha value is -4.97. The molecule has 0 fully saturated rings. The highest BCUT2D eigenvalue weighted by molar-refractivity contribution is 5.71. The number of hydrogen-bond acceptors (Lipinski definition) is 6. The zero-order valence-corrected chi connectivity index (χ0v) is 48.0. The molecule has 0 radical (unpaired) electrons. The first-order valence-corrected chi connectivity index (χ1v) is 30.0. The molecule has 6 heteroatoms. The summed E-state index contributed by atoms with van der Waals surface area (Å²) >= 11 is 0. The number of hydrogen-bond donors (Lipinski definition) is 0. The molecule has 0 amide bonds. The Kier molecular flexibility index (Phi) is 57.5. The van der Waals surface area contributed by atoms with E-state index in [-0.39, 0.29) is 37.5 Å². The minimum atomic E-state index is -0.824. The van der Waals surface area contributed by atoms with Crippen molar-refractivity contribution in [1.29, 1.82) is 0 Å². The number of rotatable bonds is 52. The molecule has 0 aromatic carbocycles. The fraction of sp³-hybridized carbons (Fsp3) is 0.580. The van der Waals surface area contributed by atoms with E-state index in [9.17, 15) is 14.4 Å². The van der Waals surface area contributed by atoms with E-state index in [2.05, 4.69) is 179 Å². The van der Waals surface area contributed by atoms with Gasteiger partial charge in [-0.3, -0.25) is 14.4 Å². The molecule has 0 aliphatic heterocycles. The molecule has 0 heterocycles. The van der Waals surface area contributed by atoms with Crippen LogP contribution in [0.5, 0.6) is 0 Å². The predicted molar refractivity (Wildman–Crippen MR) is 325 cm³/mol. The third-order valence-corrected chi connectivity index (χ3v) is 12.0. The highest BCUT2D eigenvalue weighted by Crippen LogP contribution is 2.14. The Labute approximate surface area is 460 Å². The predicted octanol–water partition coefficient (Wildman–Crippen LogP) is 20.5. The van der Waals surface area contributed by atoms with Crippen molar-refractivity contribution in [2.75, 3.05) is 13.2 Å². The highest BCUT2D eigenvalue weighted by atomic mass is 16.6. The summed E-state index contributed by atoms with van der Waals surface area (Å²) in [4.78, 5) is 38.2. The van der Waals surface area contributed by atoms with E-state index in [1.807, 2.05) is 0 Å². The van der Waals surface area contributed by atoms with Gasteiger partial charge >= 0.3 is 17.9 Å². The fourth-order valence-electron chi connectivity index (χ4n) is 7.63. The summed E-state index contributed by atoms with van der Waals surface area (Å²) in [7, 11) is 0. The van der Waals surface area contributed by atoms with Crippen molar-refractivity contribution in [2.24, 2.45) is 0 Å². The largest absolute Gasteiger partial charge is 0.462 e. The lowest BCUT2D eigenvalue weighted by atomic mass is 10.1. The van der Waals surface area contributed by atoms with Gasteiger partial charge < -0.3 is 14.2 Å². The first-order chi connectivity index (χ1) is 37.0. The van der Waals surface area contributed by atoms with Crippen LogP contribution in [0.4, 0.5) is 0 Å². The van der Waals surface area contributed by atoms with Crippen LogP contribution in [0.25, 0.3) is 0 Å². The summed E-state index contributed by atoms with van der Waals surface area (Å²) in [5.41, 5.74) is 0. The molecule has 420 valence electrons. The first kappa shape index (κ1) is 70.0. The van der Waals surface area contributed by atoms with E-state index in [0.29, 0.717) is 19.3 Å². The first-order valence-electron chi connectivity index (χ1n) is 30.0. The standard InChI is InChI=1S/C69H108O6/c1-4-7-10-13-16-19-22-25-27-29-31-33-34-36-37-39-41-44-47-50-53-56-59-62-68(71)74-65-66(64-73-67(70)61-58-55-52-49-46-43-24-21-18-15-12-9-6-3)75-69(72)63-60-57-54-51-48-45-42-40-38-35-32-30-28-26-23-20-17-14-11-8-5-2/h7-12,16-21,25-28,31-33,35,40,42-43,46,48,51,66H,4-6,13-15,22-24,29-30,34,36-39,41,44-45,47,49-50,52-65H2,1-3H3/b10-7-,11-8-,12-9-,19-16-,20-17-,21-18-,27-25-,28-26-,33-31-,35-32-,42-40-,46-43-,51-48-. The lowest BCUT2D eigenvalue weighted by Crippen LogP contribution is -2.30. The molecule has 0 aromatic heterocycles. The number of allylic oxidation sites excluding steroid dienone is 26. The van der Waals surface area contributed by atoms with Crippen LogP contribution >= 0.6 is 0 Å². The molecule has 0 saturated carbocycles. The molecule has 0 rings (SSSR count). The Morgan fingerprint density at radius 2 is 0.480 bits per heavy atom. The second-order valence-corrected chi connectivity index (χ2v) is 19.1. The summed E-state index contributed by atoms with van der Waals surface area (Å²) in [5.74, 6) is -0.999. The number of carbonyl (C=O) groups excluding carboxylic acids is 3. The van der Waals surface area contributed by atoms with Crippen LogP contribution in [0, 0.1) is 0 Å². The number of ether oxygens (including phenoxy) is 3. The van der Waals surface area contributed by atoms with Gasteiger partial charge in [0.25, 0.3) is 0 Å². The van der Waals surface area contributed by atoms with E-state index in [1.54, 1.807) is 0 Å². The molecule has 1 atom stereocenters. The van der Waals surface area contributed by atoms with E-state index in [0.717, 1.165) is 141 Å². The molecular weight excluding hydrogens is 925 g/mol. The van der Waals surface area contributed by atoms with Gasteiger partial charge in [-0.15, -0.1) is 0 Å². The topological polar surface area (TPSA) is 78.9 Å². The van der Waals surface area contributed by atoms with Gasteiger partial charge in [-0.2, -0.15) is 0 Å². The lowest BCUT2D eigenvalue weighted by molar-refractivity contribution is -0.167. The number of carbonyl (C=O) groups is 3. The van der Waals surface area contributed by atoms with Gasteiger partial charge in [0.15, 0.2) is 6.10 Å². The smallest absolute Gasteiger partial charge is 0.306 e. The molecule has 1 unspecified atom stereocenters. The van der Waals surface area contributed by atoms with Crippen molar-refractivity contribution < 1.29 is 28.6 Å². The normalized spacial score (nSPS) is 13.3. The van der Waals surface area contributed by atoms with Crippen LogP contribution in [-0.2, 0) is 28.6 Å². The monoisotopic (exact) mass is 1030 g/mol. The average Bonchev–Trinajstić information content (AvgIpc) is 3.41. The van der Waals surface area contributed by atoms with E-state index >= 15 is 0 Å². The summed E-state index contributed by atoms with van der Waals surface area (Å²) in [6.07, 6.45) is 89.6. The quantitative estimate of drug-likeness (QED) is 0.0261. The molecule has 6 nitrogen and oxygen atoms in total. The Morgan fingerprint density at radius 3 is 0.787 bits per heavy atom. The van der Waals surface area contributed by atoms with Crippen molar-refractivity contribution in [3.8, 4) is 0 Å². The molecule has 75 heavy (non-hydrogen) atoms. The molecule has 0 aromatic rings. The van der Waals surface area contributed by atoms with E-state index in [1.165, 1.54) is 51.4 Å². The maximum Gasteiger partial charge on any atom is 0.306 e. The maximum absolute atomic E-state index is 12.9. The summed E-state index contributed by atoms with van der Waals surface area (Å²) in [6, 6.07) is 0.